The highest BCUT2D eigenvalue weighted by atomic mass is 32.2. The van der Waals surface area contributed by atoms with Crippen molar-refractivity contribution in [2.75, 3.05) is 54.7 Å². The second kappa shape index (κ2) is 7.32. The lowest BCUT2D eigenvalue weighted by Gasteiger charge is -2.34. The van der Waals surface area contributed by atoms with E-state index < -0.39 is 19.9 Å². The van der Waals surface area contributed by atoms with Crippen molar-refractivity contribution in [2.45, 2.75) is 18.9 Å². The summed E-state index contributed by atoms with van der Waals surface area (Å²) in [5, 5.41) is 3.31. The van der Waals surface area contributed by atoms with Gasteiger partial charge >= 0.3 is 0 Å². The van der Waals surface area contributed by atoms with Gasteiger partial charge in [-0.25, -0.2) is 21.8 Å². The molecule has 1 aromatic rings. The van der Waals surface area contributed by atoms with Gasteiger partial charge in [0.15, 0.2) is 0 Å². The fraction of sp³-hybridized carbons (Fsp3) is 0.688. The molecule has 146 valence electrons. The lowest BCUT2D eigenvalue weighted by atomic mass is 10.2. The van der Waals surface area contributed by atoms with E-state index >= 15 is 0 Å². The summed E-state index contributed by atoms with van der Waals surface area (Å²) >= 11 is 0. The number of sulfone groups is 1. The number of piperazine rings is 1. The molecule has 2 aliphatic rings. The molecule has 0 spiro atoms. The van der Waals surface area contributed by atoms with E-state index in [9.17, 15) is 16.8 Å². The third kappa shape index (κ3) is 5.31. The Morgan fingerprint density at radius 1 is 1.12 bits per heavy atom. The van der Waals surface area contributed by atoms with E-state index in [1.807, 2.05) is 12.1 Å². The number of anilines is 2. The number of aromatic nitrogens is 1. The topological polar surface area (TPSA) is 99.7 Å². The monoisotopic (exact) mass is 402 g/mol. The Labute approximate surface area is 155 Å². The van der Waals surface area contributed by atoms with Crippen molar-refractivity contribution >= 4 is 31.4 Å². The van der Waals surface area contributed by atoms with Gasteiger partial charge in [-0.1, -0.05) is 0 Å². The molecule has 1 atom stereocenters. The minimum atomic E-state index is -3.14. The Morgan fingerprint density at radius 3 is 2.23 bits per heavy atom. The molecule has 1 aliphatic carbocycles. The molecule has 10 heteroatoms. The second-order valence-electron chi connectivity index (χ2n) is 7.23. The van der Waals surface area contributed by atoms with Gasteiger partial charge in [0.1, 0.15) is 15.7 Å². The van der Waals surface area contributed by atoms with Gasteiger partial charge in [0.05, 0.1) is 23.9 Å². The summed E-state index contributed by atoms with van der Waals surface area (Å²) in [6, 6.07) is 3.72. The second-order valence-corrected chi connectivity index (χ2v) is 11.4. The van der Waals surface area contributed by atoms with E-state index in [0.717, 1.165) is 24.3 Å². The summed E-state index contributed by atoms with van der Waals surface area (Å²) in [6.07, 6.45) is 6.33. The minimum Gasteiger partial charge on any atom is -0.380 e. The first-order valence-corrected chi connectivity index (χ1v) is 12.6. The lowest BCUT2D eigenvalue weighted by Crippen LogP contribution is -2.48. The molecule has 0 bridgehead atoms. The summed E-state index contributed by atoms with van der Waals surface area (Å²) in [7, 11) is -6.18. The van der Waals surface area contributed by atoms with E-state index in [4.69, 9.17) is 0 Å². The highest BCUT2D eigenvalue weighted by molar-refractivity contribution is 7.90. The minimum absolute atomic E-state index is 0.0732. The molecule has 0 radical (unpaired) electrons. The van der Waals surface area contributed by atoms with Crippen molar-refractivity contribution in [2.24, 2.45) is 5.92 Å². The van der Waals surface area contributed by atoms with Crippen LogP contribution in [-0.4, -0.2) is 76.6 Å². The summed E-state index contributed by atoms with van der Waals surface area (Å²) in [4.78, 5) is 6.52. The van der Waals surface area contributed by atoms with Gasteiger partial charge < -0.3 is 10.2 Å². The zero-order valence-electron chi connectivity index (χ0n) is 15.1. The number of nitrogens with one attached hydrogen (secondary N) is 1. The molecule has 0 unspecified atom stereocenters. The predicted octanol–water partition coefficient (Wildman–Crippen LogP) is 0.398. The van der Waals surface area contributed by atoms with Crippen LogP contribution in [-0.2, 0) is 19.9 Å². The third-order valence-corrected chi connectivity index (χ3v) is 7.07. The van der Waals surface area contributed by atoms with Crippen LogP contribution in [0.5, 0.6) is 0 Å². The number of rotatable bonds is 7. The van der Waals surface area contributed by atoms with Crippen LogP contribution in [0, 0.1) is 5.92 Å². The van der Waals surface area contributed by atoms with Crippen molar-refractivity contribution < 1.29 is 16.8 Å². The normalized spacial score (nSPS) is 20.8. The summed E-state index contributed by atoms with van der Waals surface area (Å²) in [5.41, 5.74) is 0.809. The molecule has 1 aliphatic heterocycles. The molecule has 1 aromatic heterocycles. The van der Waals surface area contributed by atoms with Crippen molar-refractivity contribution in [3.8, 4) is 0 Å². The first-order valence-electron chi connectivity index (χ1n) is 8.72. The van der Waals surface area contributed by atoms with Gasteiger partial charge in [-0.3, -0.25) is 0 Å². The Bertz CT molecular complexity index is 828. The third-order valence-electron chi connectivity index (χ3n) is 4.80. The molecular weight excluding hydrogens is 376 g/mol. The number of pyridine rings is 1. The van der Waals surface area contributed by atoms with Crippen molar-refractivity contribution in [3.05, 3.63) is 18.3 Å². The van der Waals surface area contributed by atoms with E-state index in [2.05, 4.69) is 15.2 Å². The molecule has 3 rings (SSSR count). The molecule has 8 nitrogen and oxygen atoms in total. The van der Waals surface area contributed by atoms with Crippen LogP contribution >= 0.6 is 0 Å². The van der Waals surface area contributed by atoms with Crippen LogP contribution in [0.15, 0.2) is 18.3 Å². The maximum Gasteiger partial charge on any atom is 0.211 e. The van der Waals surface area contributed by atoms with E-state index in [1.54, 1.807) is 6.20 Å². The molecule has 1 saturated heterocycles. The maximum atomic E-state index is 11.6. The predicted molar refractivity (Wildman–Crippen MR) is 103 cm³/mol. The first kappa shape index (κ1) is 19.4. The van der Waals surface area contributed by atoms with Crippen LogP contribution in [0.1, 0.15) is 12.8 Å². The highest BCUT2D eigenvalue weighted by Gasteiger charge is 2.33. The molecule has 1 N–H and O–H groups in total. The van der Waals surface area contributed by atoms with Gasteiger partial charge in [-0.15, -0.1) is 0 Å². The van der Waals surface area contributed by atoms with Gasteiger partial charge in [0.25, 0.3) is 0 Å². The van der Waals surface area contributed by atoms with Gasteiger partial charge in [-0.05, 0) is 30.9 Å². The molecule has 0 amide bonds. The highest BCUT2D eigenvalue weighted by Crippen LogP contribution is 2.35. The Kier molecular flexibility index (Phi) is 5.45. The summed E-state index contributed by atoms with van der Waals surface area (Å²) in [5.74, 6) is 1.34. The Morgan fingerprint density at radius 2 is 1.77 bits per heavy atom. The average molecular weight is 403 g/mol. The standard InChI is InChI=1S/C16H26N4O4S2/c1-25(21,22)12-15(13-3-4-13)18-14-5-6-16(17-11-14)19-7-9-20(10-8-19)26(2,23)24/h5-6,11,13,15,18H,3-4,7-10,12H2,1-2H3/t15-/m1/s1. The first-order chi connectivity index (χ1) is 12.1. The maximum absolute atomic E-state index is 11.6. The molecular formula is C16H26N4O4S2. The molecule has 26 heavy (non-hydrogen) atoms. The quantitative estimate of drug-likeness (QED) is 0.705. The number of hydrogen-bond donors (Lipinski definition) is 1. The number of hydrogen-bond acceptors (Lipinski definition) is 7. The molecule has 2 fully saturated rings. The molecule has 0 aromatic carbocycles. The Balaban J connectivity index is 1.60. The summed E-state index contributed by atoms with van der Waals surface area (Å²) < 4.78 is 47.9. The van der Waals surface area contributed by atoms with Gasteiger partial charge in [0, 0.05) is 38.5 Å². The number of nitrogens with zero attached hydrogens (tertiary/aromatic N) is 3. The largest absolute Gasteiger partial charge is 0.380 e. The molecule has 2 heterocycles. The lowest BCUT2D eigenvalue weighted by molar-refractivity contribution is 0.387. The number of sulfonamides is 1. The van der Waals surface area contributed by atoms with Crippen LogP contribution in [0.4, 0.5) is 11.5 Å². The fourth-order valence-corrected chi connectivity index (χ4v) is 5.08. The van der Waals surface area contributed by atoms with Gasteiger partial charge in [0.2, 0.25) is 10.0 Å². The summed E-state index contributed by atoms with van der Waals surface area (Å²) in [6.45, 7) is 2.12. The average Bonchev–Trinajstić information content (AvgIpc) is 3.38. The zero-order valence-corrected chi connectivity index (χ0v) is 16.8. The van der Waals surface area contributed by atoms with E-state index in [-0.39, 0.29) is 11.8 Å². The van der Waals surface area contributed by atoms with Crippen molar-refractivity contribution in [1.29, 1.82) is 0 Å². The Hall–Kier alpha value is -1.39. The SMILES string of the molecule is CS(=O)(=O)C[C@@H](Nc1ccc(N2CCN(S(C)(=O)=O)CC2)nc1)C1CC1. The van der Waals surface area contributed by atoms with Crippen molar-refractivity contribution in [3.63, 3.8) is 0 Å². The van der Waals surface area contributed by atoms with Crippen LogP contribution in [0.3, 0.4) is 0 Å². The van der Waals surface area contributed by atoms with Crippen LogP contribution in [0.25, 0.3) is 0 Å². The van der Waals surface area contributed by atoms with Crippen LogP contribution in [0.2, 0.25) is 0 Å². The van der Waals surface area contributed by atoms with Crippen molar-refractivity contribution in [1.82, 2.24) is 9.29 Å². The fourth-order valence-electron chi connectivity index (χ4n) is 3.24. The zero-order chi connectivity index (χ0) is 18.9. The van der Waals surface area contributed by atoms with Crippen LogP contribution < -0.4 is 10.2 Å². The van der Waals surface area contributed by atoms with Gasteiger partial charge in [-0.2, -0.15) is 4.31 Å². The van der Waals surface area contributed by atoms with E-state index in [1.165, 1.54) is 16.8 Å². The smallest absolute Gasteiger partial charge is 0.211 e. The van der Waals surface area contributed by atoms with E-state index in [0.29, 0.717) is 32.1 Å². The molecule has 1 saturated carbocycles.